The van der Waals surface area contributed by atoms with E-state index in [-0.39, 0.29) is 13.0 Å². The Balaban J connectivity index is 2.26. The number of amides is 1. The van der Waals surface area contributed by atoms with Crippen molar-refractivity contribution >= 4 is 11.9 Å². The van der Waals surface area contributed by atoms with Crippen LogP contribution in [0.5, 0.6) is 0 Å². The van der Waals surface area contributed by atoms with E-state index < -0.39 is 105 Å². The maximum atomic E-state index is 12.2. The van der Waals surface area contributed by atoms with Gasteiger partial charge in [-0.1, -0.05) is 0 Å². The molecule has 10 N–H and O–H groups in total. The largest absolute Gasteiger partial charge is 0.477 e. The number of carbonyl (C=O) groups is 2. The lowest BCUT2D eigenvalue weighted by Crippen LogP contribution is -2.68. The van der Waals surface area contributed by atoms with Gasteiger partial charge in [0.05, 0.1) is 32.0 Å². The van der Waals surface area contributed by atoms with Crippen molar-refractivity contribution in [1.82, 2.24) is 5.32 Å². The molecule has 0 radical (unpaired) electrons. The molecule has 1 amide bonds. The number of carboxylic acid groups (broad SMARTS) is 1. The van der Waals surface area contributed by atoms with Crippen LogP contribution >= 0.6 is 0 Å². The predicted molar refractivity (Wildman–Crippen MR) is 116 cm³/mol. The molecule has 11 atom stereocenters. The lowest BCUT2D eigenvalue weighted by molar-refractivity contribution is -0.338. The molecule has 16 nitrogen and oxygen atoms in total. The van der Waals surface area contributed by atoms with Gasteiger partial charge in [-0.2, -0.15) is 0 Å². The summed E-state index contributed by atoms with van der Waals surface area (Å²) in [5.74, 6) is -3.29. The standard InChI is InChI=1S/C21H33NO15/c1-2-3-4-34-19-17(31)16(30)15(29)11(36-19)8-35-21(20(32)33)5-9(25)13(22-12(27)7-24)18(37-21)14(28)10(26)6-23/h1,9-11,13-19,23-26,28-31H,3-8H2,(H,22,27)(H,32,33)/t9?,10?,11-,13?,14?,15+,16+,17-,18?,19-,21?/m1/s1. The van der Waals surface area contributed by atoms with Gasteiger partial charge in [0.2, 0.25) is 5.91 Å². The number of hydrogen-bond donors (Lipinski definition) is 10. The number of aliphatic hydroxyl groups is 8. The Morgan fingerprint density at radius 2 is 1.81 bits per heavy atom. The molecular weight excluding hydrogens is 506 g/mol. The molecule has 2 saturated heterocycles. The third kappa shape index (κ3) is 7.32. The quantitative estimate of drug-likeness (QED) is 0.0817. The minimum Gasteiger partial charge on any atom is -0.477 e. The van der Waals surface area contributed by atoms with Gasteiger partial charge in [-0.25, -0.2) is 4.79 Å². The van der Waals surface area contributed by atoms with E-state index in [0.717, 1.165) is 0 Å². The Hall–Kier alpha value is -1.98. The molecule has 0 spiro atoms. The fourth-order valence-corrected chi connectivity index (χ4v) is 3.92. The molecule has 212 valence electrons. The van der Waals surface area contributed by atoms with Gasteiger partial charge in [-0.15, -0.1) is 12.3 Å². The van der Waals surface area contributed by atoms with Crippen molar-refractivity contribution in [1.29, 1.82) is 0 Å². The van der Waals surface area contributed by atoms with Gasteiger partial charge in [0.15, 0.2) is 6.29 Å². The second-order valence-electron chi connectivity index (χ2n) is 8.55. The predicted octanol–water partition coefficient (Wildman–Crippen LogP) is -6.03. The van der Waals surface area contributed by atoms with Crippen LogP contribution in [-0.2, 0) is 28.5 Å². The third-order valence-electron chi connectivity index (χ3n) is 5.97. The molecule has 2 aliphatic rings. The van der Waals surface area contributed by atoms with Crippen LogP contribution in [0.15, 0.2) is 0 Å². The average Bonchev–Trinajstić information content (AvgIpc) is 2.88. The monoisotopic (exact) mass is 539 g/mol. The van der Waals surface area contributed by atoms with Crippen LogP contribution < -0.4 is 5.32 Å². The van der Waals surface area contributed by atoms with Crippen LogP contribution in [-0.4, -0.2) is 151 Å². The molecule has 37 heavy (non-hydrogen) atoms. The first kappa shape index (κ1) is 31.2. The maximum absolute atomic E-state index is 12.2. The minimum atomic E-state index is -2.75. The number of carboxylic acids is 1. The normalized spacial score (nSPS) is 37.8. The summed E-state index contributed by atoms with van der Waals surface area (Å²) in [6.07, 6.45) is -11.4. The van der Waals surface area contributed by atoms with Crippen molar-refractivity contribution in [3.63, 3.8) is 0 Å². The molecule has 0 saturated carbocycles. The second-order valence-corrected chi connectivity index (χ2v) is 8.55. The number of rotatable bonds is 12. The number of terminal acetylenes is 1. The summed E-state index contributed by atoms with van der Waals surface area (Å²) in [4.78, 5) is 23.9. The SMILES string of the molecule is C#CCCO[C@@H]1O[C@H](COC2(C(=O)O)CC(O)C(NC(=O)CO)C(C(O)C(O)CO)O2)[C@H](O)[C@H](O)[C@H]1O. The van der Waals surface area contributed by atoms with E-state index >= 15 is 0 Å². The molecule has 0 aromatic rings. The minimum absolute atomic E-state index is 0.0727. The number of carbonyl (C=O) groups excluding carboxylic acids is 1. The first-order chi connectivity index (χ1) is 17.4. The molecule has 2 aliphatic heterocycles. The van der Waals surface area contributed by atoms with E-state index in [4.69, 9.17) is 30.5 Å². The summed E-state index contributed by atoms with van der Waals surface area (Å²) in [6.45, 7) is -2.90. The van der Waals surface area contributed by atoms with Gasteiger partial charge < -0.3 is 70.2 Å². The number of aliphatic carboxylic acids is 1. The topological polar surface area (TPSA) is 265 Å². The molecular formula is C21H33NO15. The molecule has 2 heterocycles. The Kier molecular flexibility index (Phi) is 11.6. The Bertz CT molecular complexity index is 807. The smallest absolute Gasteiger partial charge is 0.364 e. The highest BCUT2D eigenvalue weighted by Gasteiger charge is 2.56. The Labute approximate surface area is 211 Å². The number of hydrogen-bond acceptors (Lipinski definition) is 14. The van der Waals surface area contributed by atoms with Crippen LogP contribution in [0.3, 0.4) is 0 Å². The molecule has 6 unspecified atom stereocenters. The zero-order chi connectivity index (χ0) is 27.9. The van der Waals surface area contributed by atoms with Gasteiger partial charge in [0.25, 0.3) is 5.79 Å². The van der Waals surface area contributed by atoms with Gasteiger partial charge in [-0.05, 0) is 0 Å². The second kappa shape index (κ2) is 13.7. The zero-order valence-corrected chi connectivity index (χ0v) is 19.6. The highest BCUT2D eigenvalue weighted by Crippen LogP contribution is 2.34. The Morgan fingerprint density at radius 3 is 2.38 bits per heavy atom. The van der Waals surface area contributed by atoms with Crippen LogP contribution in [0.2, 0.25) is 0 Å². The molecule has 2 fully saturated rings. The Morgan fingerprint density at radius 1 is 1.14 bits per heavy atom. The van der Waals surface area contributed by atoms with Crippen LogP contribution in [0.25, 0.3) is 0 Å². The summed E-state index contributed by atoms with van der Waals surface area (Å²) in [7, 11) is 0. The van der Waals surface area contributed by atoms with E-state index in [1.807, 2.05) is 0 Å². The fourth-order valence-electron chi connectivity index (χ4n) is 3.92. The third-order valence-corrected chi connectivity index (χ3v) is 5.97. The van der Waals surface area contributed by atoms with Gasteiger partial charge >= 0.3 is 5.97 Å². The molecule has 16 heteroatoms. The van der Waals surface area contributed by atoms with E-state index in [1.54, 1.807) is 0 Å². The van der Waals surface area contributed by atoms with E-state index in [0.29, 0.717) is 0 Å². The molecule has 2 rings (SSSR count). The first-order valence-electron chi connectivity index (χ1n) is 11.3. The van der Waals surface area contributed by atoms with Crippen molar-refractivity contribution < 1.29 is 74.5 Å². The van der Waals surface area contributed by atoms with Crippen molar-refractivity contribution in [3.05, 3.63) is 0 Å². The summed E-state index contributed by atoms with van der Waals surface area (Å²) in [6, 6.07) is -1.55. The summed E-state index contributed by atoms with van der Waals surface area (Å²) >= 11 is 0. The number of ether oxygens (including phenoxy) is 4. The van der Waals surface area contributed by atoms with Crippen molar-refractivity contribution in [2.24, 2.45) is 0 Å². The lowest BCUT2D eigenvalue weighted by Gasteiger charge is -2.47. The number of nitrogens with one attached hydrogen (secondary N) is 1. The fraction of sp³-hybridized carbons (Fsp3) is 0.810. The van der Waals surface area contributed by atoms with Gasteiger partial charge in [-0.3, -0.25) is 4.79 Å². The van der Waals surface area contributed by atoms with Crippen LogP contribution in [0.1, 0.15) is 12.8 Å². The number of aliphatic hydroxyl groups excluding tert-OH is 8. The molecule has 0 aliphatic carbocycles. The highest BCUT2D eigenvalue weighted by molar-refractivity contribution is 5.78. The zero-order valence-electron chi connectivity index (χ0n) is 19.6. The van der Waals surface area contributed by atoms with E-state index in [1.165, 1.54) is 0 Å². The molecule has 0 aromatic carbocycles. The van der Waals surface area contributed by atoms with Crippen molar-refractivity contribution in [3.8, 4) is 12.3 Å². The van der Waals surface area contributed by atoms with Crippen molar-refractivity contribution in [2.75, 3.05) is 26.4 Å². The van der Waals surface area contributed by atoms with Gasteiger partial charge in [0, 0.05) is 12.8 Å². The van der Waals surface area contributed by atoms with E-state index in [9.17, 15) is 50.4 Å². The van der Waals surface area contributed by atoms with Crippen LogP contribution in [0.4, 0.5) is 0 Å². The van der Waals surface area contributed by atoms with Gasteiger partial charge in [0.1, 0.15) is 49.3 Å². The van der Waals surface area contributed by atoms with Crippen molar-refractivity contribution in [2.45, 2.75) is 79.8 Å². The summed E-state index contributed by atoms with van der Waals surface area (Å²) < 4.78 is 21.4. The molecule has 0 aromatic heterocycles. The molecule has 0 bridgehead atoms. The van der Waals surface area contributed by atoms with E-state index in [2.05, 4.69) is 11.2 Å². The summed E-state index contributed by atoms with van der Waals surface area (Å²) in [5, 5.41) is 91.7. The maximum Gasteiger partial charge on any atom is 0.364 e. The summed E-state index contributed by atoms with van der Waals surface area (Å²) in [5.41, 5.74) is 0. The van der Waals surface area contributed by atoms with Crippen LogP contribution in [0, 0.1) is 12.3 Å². The first-order valence-corrected chi connectivity index (χ1v) is 11.3. The average molecular weight is 539 g/mol. The highest BCUT2D eigenvalue weighted by atomic mass is 16.7. The lowest BCUT2D eigenvalue weighted by atomic mass is 9.88.